The molecule has 180 valence electrons. The number of carbonyl (C=O) groups excluding carboxylic acids is 1. The van der Waals surface area contributed by atoms with E-state index in [1.165, 1.54) is 30.3 Å². The molecule has 2 aromatic carbocycles. The van der Waals surface area contributed by atoms with Crippen molar-refractivity contribution in [1.29, 1.82) is 0 Å². The maximum absolute atomic E-state index is 13.3. The Kier molecular flexibility index (Phi) is 8.23. The molecule has 1 aliphatic heterocycles. The third kappa shape index (κ3) is 6.38. The fraction of sp³-hybridized carbons (Fsp3) is 0.435. The minimum atomic E-state index is -3.86. The highest BCUT2D eigenvalue weighted by Gasteiger charge is 2.26. The van der Waals surface area contributed by atoms with Gasteiger partial charge in [0.15, 0.2) is 0 Å². The zero-order valence-corrected chi connectivity index (χ0v) is 20.7. The van der Waals surface area contributed by atoms with E-state index < -0.39 is 10.0 Å². The van der Waals surface area contributed by atoms with Crippen molar-refractivity contribution in [1.82, 2.24) is 10.2 Å². The molecule has 8 nitrogen and oxygen atoms in total. The molecule has 1 heterocycles. The molecule has 1 aliphatic rings. The Morgan fingerprint density at radius 2 is 1.88 bits per heavy atom. The van der Waals surface area contributed by atoms with E-state index in [1.54, 1.807) is 31.2 Å². The molecule has 33 heavy (non-hydrogen) atoms. The normalized spacial score (nSPS) is 22.5. The van der Waals surface area contributed by atoms with Crippen molar-refractivity contribution in [2.45, 2.75) is 30.9 Å². The number of ether oxygens (including phenoxy) is 2. The number of hydrogen-bond donors (Lipinski definition) is 2. The Labute approximate surface area is 200 Å². The molecule has 0 aromatic heterocycles. The van der Waals surface area contributed by atoms with E-state index in [4.69, 9.17) is 21.1 Å². The van der Waals surface area contributed by atoms with Crippen LogP contribution in [0.5, 0.6) is 5.75 Å². The third-order valence-electron chi connectivity index (χ3n) is 5.60. The lowest BCUT2D eigenvalue weighted by molar-refractivity contribution is 0.0281. The highest BCUT2D eigenvalue weighted by Crippen LogP contribution is 2.27. The van der Waals surface area contributed by atoms with Gasteiger partial charge < -0.3 is 19.7 Å². The number of anilines is 1. The van der Waals surface area contributed by atoms with Crippen molar-refractivity contribution in [3.05, 3.63) is 53.1 Å². The van der Waals surface area contributed by atoms with E-state index in [0.717, 1.165) is 6.54 Å². The lowest BCUT2D eigenvalue weighted by atomic mass is 10.0. The van der Waals surface area contributed by atoms with Crippen molar-refractivity contribution in [2.75, 3.05) is 38.6 Å². The number of benzene rings is 2. The molecule has 0 fully saturated rings. The molecule has 3 atom stereocenters. The number of amides is 1. The Bertz CT molecular complexity index is 1080. The molecular formula is C23H30ClN3O5S. The van der Waals surface area contributed by atoms with Crippen molar-refractivity contribution < 1.29 is 22.7 Å². The molecule has 3 rings (SSSR count). The molecule has 10 heteroatoms. The Hall–Kier alpha value is -2.33. The van der Waals surface area contributed by atoms with Gasteiger partial charge in [0.25, 0.3) is 15.9 Å². The molecule has 2 N–H and O–H groups in total. The predicted octanol–water partition coefficient (Wildman–Crippen LogP) is 3.23. The first kappa shape index (κ1) is 25.3. The van der Waals surface area contributed by atoms with Crippen LogP contribution in [0.1, 0.15) is 24.2 Å². The number of nitrogens with one attached hydrogen (secondary N) is 2. The average Bonchev–Trinajstić information content (AvgIpc) is 2.78. The zero-order chi connectivity index (χ0) is 24.2. The highest BCUT2D eigenvalue weighted by molar-refractivity contribution is 7.92. The first-order chi connectivity index (χ1) is 15.6. The third-order valence-corrected chi connectivity index (χ3v) is 7.25. The molecule has 0 spiro atoms. The van der Waals surface area contributed by atoms with E-state index in [9.17, 15) is 13.2 Å². The number of carbonyl (C=O) groups is 1. The molecule has 0 saturated heterocycles. The fourth-order valence-corrected chi connectivity index (χ4v) is 4.73. The summed E-state index contributed by atoms with van der Waals surface area (Å²) in [6.07, 6.45) is -0.158. The van der Waals surface area contributed by atoms with Gasteiger partial charge in [-0.3, -0.25) is 9.52 Å². The van der Waals surface area contributed by atoms with Gasteiger partial charge in [-0.15, -0.1) is 0 Å². The molecule has 0 aliphatic carbocycles. The lowest BCUT2D eigenvalue weighted by Crippen LogP contribution is -2.44. The van der Waals surface area contributed by atoms with Crippen molar-refractivity contribution in [3.8, 4) is 5.75 Å². The summed E-state index contributed by atoms with van der Waals surface area (Å²) in [6, 6.07) is 10.6. The van der Waals surface area contributed by atoms with Crippen LogP contribution in [0.15, 0.2) is 47.4 Å². The molecule has 2 aromatic rings. The fourth-order valence-electron chi connectivity index (χ4n) is 3.55. The molecule has 0 unspecified atom stereocenters. The summed E-state index contributed by atoms with van der Waals surface area (Å²) in [5.41, 5.74) is 0.521. The van der Waals surface area contributed by atoms with Crippen LogP contribution in [0.4, 0.5) is 5.69 Å². The summed E-state index contributed by atoms with van der Waals surface area (Å²) < 4.78 is 39.7. The van der Waals surface area contributed by atoms with Crippen LogP contribution in [0.2, 0.25) is 5.02 Å². The Morgan fingerprint density at radius 1 is 1.18 bits per heavy atom. The van der Waals surface area contributed by atoms with Crippen molar-refractivity contribution in [2.24, 2.45) is 5.92 Å². The van der Waals surface area contributed by atoms with Crippen LogP contribution in [-0.4, -0.2) is 65.2 Å². The van der Waals surface area contributed by atoms with E-state index in [1.807, 2.05) is 6.92 Å². The highest BCUT2D eigenvalue weighted by atomic mass is 35.5. The Morgan fingerprint density at radius 3 is 2.55 bits per heavy atom. The van der Waals surface area contributed by atoms with Crippen LogP contribution < -0.4 is 14.8 Å². The number of likely N-dealkylation sites (N-methyl/N-ethyl adjacent to an activating group) is 1. The first-order valence-electron chi connectivity index (χ1n) is 10.7. The van der Waals surface area contributed by atoms with Gasteiger partial charge in [0.1, 0.15) is 12.4 Å². The summed E-state index contributed by atoms with van der Waals surface area (Å²) in [6.45, 7) is 5.53. The van der Waals surface area contributed by atoms with Crippen LogP contribution in [0, 0.1) is 5.92 Å². The largest absolute Gasteiger partial charge is 0.491 e. The predicted molar refractivity (Wildman–Crippen MR) is 129 cm³/mol. The molecule has 0 bridgehead atoms. The second kappa shape index (κ2) is 10.7. The molecule has 1 amide bonds. The summed E-state index contributed by atoms with van der Waals surface area (Å²) in [7, 11) is -0.535. The molecule has 0 saturated carbocycles. The van der Waals surface area contributed by atoms with Gasteiger partial charge in [0.2, 0.25) is 0 Å². The van der Waals surface area contributed by atoms with Crippen LogP contribution in [0.3, 0.4) is 0 Å². The van der Waals surface area contributed by atoms with Gasteiger partial charge in [0, 0.05) is 44.0 Å². The number of rotatable bonds is 4. The SMILES string of the molecule is CO[C@H]1CN(C)C(=O)c2cc(NS(=O)(=O)c3ccc(Cl)cc3)ccc2OC[C@@H](C)NC[C@@H]1C. The standard InChI is InChI=1S/C23H30ClN3O5S/c1-15-12-25-16(2)14-32-21-10-7-18(11-20(21)23(28)27(3)13-22(15)31-4)26-33(29,30)19-8-5-17(24)6-9-19/h5-11,15-16,22,25-26H,12-14H2,1-4H3/t15-,16+,22-/m0/s1. The minimum Gasteiger partial charge on any atom is -0.491 e. The maximum atomic E-state index is 13.3. The van der Waals surface area contributed by atoms with Gasteiger partial charge in [-0.2, -0.15) is 0 Å². The van der Waals surface area contributed by atoms with Crippen LogP contribution >= 0.6 is 11.6 Å². The van der Waals surface area contributed by atoms with Gasteiger partial charge in [-0.05, 0) is 55.3 Å². The molecule has 0 radical (unpaired) electrons. The summed E-state index contributed by atoms with van der Waals surface area (Å²) in [4.78, 5) is 14.9. The maximum Gasteiger partial charge on any atom is 0.261 e. The summed E-state index contributed by atoms with van der Waals surface area (Å²) in [5, 5.41) is 3.86. The van der Waals surface area contributed by atoms with Crippen LogP contribution in [0.25, 0.3) is 0 Å². The van der Waals surface area contributed by atoms with E-state index >= 15 is 0 Å². The van der Waals surface area contributed by atoms with E-state index in [0.29, 0.717) is 23.9 Å². The summed E-state index contributed by atoms with van der Waals surface area (Å²) in [5.74, 6) is 0.273. The number of halogens is 1. The topological polar surface area (TPSA) is 97.0 Å². The second-order valence-electron chi connectivity index (χ2n) is 8.33. The van der Waals surface area contributed by atoms with E-state index in [2.05, 4.69) is 17.0 Å². The second-order valence-corrected chi connectivity index (χ2v) is 10.4. The van der Waals surface area contributed by atoms with Crippen molar-refractivity contribution >= 4 is 33.2 Å². The van der Waals surface area contributed by atoms with Crippen LogP contribution in [-0.2, 0) is 14.8 Å². The number of nitrogens with zero attached hydrogens (tertiary/aromatic N) is 1. The quantitative estimate of drug-likeness (QED) is 0.676. The van der Waals surface area contributed by atoms with Gasteiger partial charge in [-0.25, -0.2) is 8.42 Å². The monoisotopic (exact) mass is 495 g/mol. The van der Waals surface area contributed by atoms with Gasteiger partial charge >= 0.3 is 0 Å². The lowest BCUT2D eigenvalue weighted by Gasteiger charge is -2.30. The van der Waals surface area contributed by atoms with Crippen molar-refractivity contribution in [3.63, 3.8) is 0 Å². The number of methoxy groups -OCH3 is 1. The molecular weight excluding hydrogens is 466 g/mol. The minimum absolute atomic E-state index is 0.0492. The number of sulfonamides is 1. The number of fused-ring (bicyclic) bond motifs is 1. The smallest absolute Gasteiger partial charge is 0.261 e. The average molecular weight is 496 g/mol. The van der Waals surface area contributed by atoms with Gasteiger partial charge in [-0.1, -0.05) is 18.5 Å². The first-order valence-corrected chi connectivity index (χ1v) is 12.5. The summed E-state index contributed by atoms with van der Waals surface area (Å²) >= 11 is 5.86. The van der Waals surface area contributed by atoms with Gasteiger partial charge in [0.05, 0.1) is 16.6 Å². The number of hydrogen-bond acceptors (Lipinski definition) is 6. The van der Waals surface area contributed by atoms with E-state index in [-0.39, 0.29) is 40.1 Å². The Balaban J connectivity index is 1.93. The zero-order valence-electron chi connectivity index (χ0n) is 19.2.